The Balaban J connectivity index is 1.47. The van der Waals surface area contributed by atoms with E-state index in [0.29, 0.717) is 18.5 Å². The molecule has 248 valence electrons. The number of likely N-dealkylation sites (tertiary alicyclic amines) is 1. The standard InChI is InChI=1S/C37H43N3O7/c1-3-13-24(2)39-21-12-20-37-32(35(44)40(33(37)36(39)45)28(22-41)26-16-8-5-9-17-26)31-29(47-37)18-10-11-19-30(42)46-23-27(38-34(31)43)25-14-6-4-7-15-25/h4-10,12,14-18,20,24,27-29,31-33,41H,3,11,13,19,21-23H2,1-2H3,(H,38,43)/b18-10-/t24?,27-,28-,29+,31-,32-,33+,37-/m1/s1. The number of fused-ring (bicyclic) bond motifs is 2. The first kappa shape index (κ1) is 32.7. The number of nitrogens with zero attached hydrogens (tertiary/aromatic N) is 2. The van der Waals surface area contributed by atoms with Crippen LogP contribution in [0.5, 0.6) is 0 Å². The Labute approximate surface area is 275 Å². The Morgan fingerprint density at radius 1 is 1.00 bits per heavy atom. The maximum atomic E-state index is 14.9. The number of allylic oxidation sites excluding steroid dienone is 1. The third kappa shape index (κ3) is 6.00. The molecule has 2 saturated heterocycles. The second kappa shape index (κ2) is 13.8. The molecule has 0 aliphatic carbocycles. The van der Waals surface area contributed by atoms with E-state index in [1.54, 1.807) is 17.1 Å². The number of esters is 1. The van der Waals surface area contributed by atoms with Gasteiger partial charge in [-0.2, -0.15) is 0 Å². The Bertz CT molecular complexity index is 1530. The topological polar surface area (TPSA) is 125 Å². The highest BCUT2D eigenvalue weighted by molar-refractivity contribution is 6.00. The quantitative estimate of drug-likeness (QED) is 0.350. The van der Waals surface area contributed by atoms with E-state index in [4.69, 9.17) is 9.47 Å². The van der Waals surface area contributed by atoms with Gasteiger partial charge in [-0.25, -0.2) is 0 Å². The zero-order chi connectivity index (χ0) is 33.1. The first-order valence-corrected chi connectivity index (χ1v) is 16.6. The van der Waals surface area contributed by atoms with Crippen molar-refractivity contribution in [2.24, 2.45) is 11.8 Å². The van der Waals surface area contributed by atoms with Crippen LogP contribution >= 0.6 is 0 Å². The van der Waals surface area contributed by atoms with Crippen molar-refractivity contribution in [3.05, 3.63) is 96.1 Å². The van der Waals surface area contributed by atoms with Crippen LogP contribution in [0.15, 0.2) is 85.0 Å². The number of carbonyl (C=O) groups excluding carboxylic acids is 4. The van der Waals surface area contributed by atoms with Gasteiger partial charge in [0, 0.05) is 19.0 Å². The van der Waals surface area contributed by atoms with Gasteiger partial charge in [-0.3, -0.25) is 19.2 Å². The largest absolute Gasteiger partial charge is 0.463 e. The molecule has 10 nitrogen and oxygen atoms in total. The Kier molecular flexibility index (Phi) is 9.61. The summed E-state index contributed by atoms with van der Waals surface area (Å²) in [5.74, 6) is -3.58. The van der Waals surface area contributed by atoms with Crippen molar-refractivity contribution in [2.75, 3.05) is 19.8 Å². The summed E-state index contributed by atoms with van der Waals surface area (Å²) in [6.07, 6.45) is 8.50. The number of amides is 3. The Morgan fingerprint density at radius 2 is 1.72 bits per heavy atom. The molecule has 8 atom stereocenters. The lowest BCUT2D eigenvalue weighted by Gasteiger charge is -2.40. The Hall–Kier alpha value is -4.28. The molecular formula is C37H43N3O7. The molecule has 0 radical (unpaired) electrons. The molecule has 2 aromatic carbocycles. The molecule has 1 spiro atoms. The van der Waals surface area contributed by atoms with Gasteiger partial charge in [0.1, 0.15) is 18.2 Å². The fraction of sp³-hybridized carbons (Fsp3) is 0.459. The van der Waals surface area contributed by atoms with E-state index in [-0.39, 0.29) is 30.9 Å². The highest BCUT2D eigenvalue weighted by atomic mass is 16.5. The van der Waals surface area contributed by atoms with Crippen LogP contribution in [0, 0.1) is 11.8 Å². The van der Waals surface area contributed by atoms with Crippen molar-refractivity contribution in [1.29, 1.82) is 0 Å². The number of hydrogen-bond donors (Lipinski definition) is 2. The first-order valence-electron chi connectivity index (χ1n) is 16.6. The second-order valence-corrected chi connectivity index (χ2v) is 12.8. The van der Waals surface area contributed by atoms with Crippen molar-refractivity contribution < 1.29 is 33.8 Å². The SMILES string of the molecule is CCCC(C)N1CC=C[C@@]23O[C@H]4/C=C\CCC(=O)OC[C@H](c5ccccc5)NC(=O)[C@H]4[C@@H]2C(=O)N([C@H](CO)c2ccccc2)[C@H]3C1=O. The summed E-state index contributed by atoms with van der Waals surface area (Å²) in [7, 11) is 0. The van der Waals surface area contributed by atoms with Crippen LogP contribution in [-0.4, -0.2) is 82.1 Å². The van der Waals surface area contributed by atoms with Crippen molar-refractivity contribution in [3.8, 4) is 0 Å². The number of benzene rings is 2. The average molecular weight is 642 g/mol. The summed E-state index contributed by atoms with van der Waals surface area (Å²) in [5, 5.41) is 13.8. The molecule has 10 heteroatoms. The monoisotopic (exact) mass is 641 g/mol. The molecule has 2 N–H and O–H groups in total. The maximum Gasteiger partial charge on any atom is 0.306 e. The highest BCUT2D eigenvalue weighted by Gasteiger charge is 2.72. The number of nitrogens with one attached hydrogen (secondary N) is 1. The van der Waals surface area contributed by atoms with Crippen LogP contribution in [0.2, 0.25) is 0 Å². The van der Waals surface area contributed by atoms with Gasteiger partial charge < -0.3 is 29.7 Å². The molecule has 4 heterocycles. The normalized spacial score (nSPS) is 31.3. The second-order valence-electron chi connectivity index (χ2n) is 12.8. The van der Waals surface area contributed by atoms with Gasteiger partial charge in [-0.05, 0) is 30.9 Å². The van der Waals surface area contributed by atoms with E-state index < -0.39 is 60.1 Å². The lowest BCUT2D eigenvalue weighted by atomic mass is 9.77. The molecule has 0 bridgehead atoms. The van der Waals surface area contributed by atoms with Crippen LogP contribution in [0.1, 0.15) is 62.7 Å². The summed E-state index contributed by atoms with van der Waals surface area (Å²) in [6.45, 7) is 3.90. The summed E-state index contributed by atoms with van der Waals surface area (Å²) in [5.41, 5.74) is -0.0422. The van der Waals surface area contributed by atoms with Gasteiger partial charge in [-0.1, -0.05) is 98.3 Å². The highest BCUT2D eigenvalue weighted by Crippen LogP contribution is 2.54. The van der Waals surface area contributed by atoms with E-state index in [9.17, 15) is 24.3 Å². The van der Waals surface area contributed by atoms with E-state index in [1.807, 2.05) is 79.7 Å². The van der Waals surface area contributed by atoms with Gasteiger partial charge >= 0.3 is 5.97 Å². The number of aliphatic hydroxyl groups is 1. The number of hydrogen-bond acceptors (Lipinski definition) is 7. The van der Waals surface area contributed by atoms with Crippen LogP contribution < -0.4 is 5.32 Å². The summed E-state index contributed by atoms with van der Waals surface area (Å²) >= 11 is 0. The maximum absolute atomic E-state index is 14.9. The molecule has 0 saturated carbocycles. The van der Waals surface area contributed by atoms with E-state index in [0.717, 1.165) is 18.4 Å². The molecule has 4 aliphatic heterocycles. The van der Waals surface area contributed by atoms with Crippen LogP contribution in [0.3, 0.4) is 0 Å². The van der Waals surface area contributed by atoms with Gasteiger partial charge in [0.2, 0.25) is 17.7 Å². The molecule has 4 aliphatic rings. The van der Waals surface area contributed by atoms with Crippen molar-refractivity contribution in [1.82, 2.24) is 15.1 Å². The minimum Gasteiger partial charge on any atom is -0.463 e. The van der Waals surface area contributed by atoms with Gasteiger partial charge in [0.05, 0.1) is 36.6 Å². The van der Waals surface area contributed by atoms with Crippen molar-refractivity contribution >= 4 is 23.7 Å². The summed E-state index contributed by atoms with van der Waals surface area (Å²) < 4.78 is 12.4. The molecule has 0 aromatic heterocycles. The van der Waals surface area contributed by atoms with Crippen molar-refractivity contribution in [3.63, 3.8) is 0 Å². The van der Waals surface area contributed by atoms with Crippen LogP contribution in [-0.2, 0) is 28.7 Å². The fourth-order valence-corrected chi connectivity index (χ4v) is 7.73. The minimum atomic E-state index is -1.47. The van der Waals surface area contributed by atoms with E-state index in [1.165, 1.54) is 4.90 Å². The fourth-order valence-electron chi connectivity index (χ4n) is 7.73. The molecule has 3 amide bonds. The van der Waals surface area contributed by atoms with Gasteiger partial charge in [0.25, 0.3) is 0 Å². The predicted octanol–water partition coefficient (Wildman–Crippen LogP) is 3.64. The molecule has 2 aromatic rings. The summed E-state index contributed by atoms with van der Waals surface area (Å²) in [6, 6.07) is 15.7. The van der Waals surface area contributed by atoms with Crippen LogP contribution in [0.25, 0.3) is 0 Å². The predicted molar refractivity (Wildman–Crippen MR) is 173 cm³/mol. The zero-order valence-corrected chi connectivity index (χ0v) is 26.9. The number of ether oxygens (including phenoxy) is 2. The average Bonchev–Trinajstić information content (AvgIpc) is 3.46. The molecular weight excluding hydrogens is 598 g/mol. The lowest BCUT2D eigenvalue weighted by Crippen LogP contribution is -2.57. The number of aliphatic hydroxyl groups excluding tert-OH is 1. The smallest absolute Gasteiger partial charge is 0.306 e. The van der Waals surface area contributed by atoms with Gasteiger partial charge in [0.15, 0.2) is 0 Å². The lowest BCUT2D eigenvalue weighted by molar-refractivity contribution is -0.152. The summed E-state index contributed by atoms with van der Waals surface area (Å²) in [4.78, 5) is 59.9. The number of cyclic esters (lactones) is 1. The first-order chi connectivity index (χ1) is 22.8. The van der Waals surface area contributed by atoms with E-state index in [2.05, 4.69) is 12.2 Å². The number of rotatable bonds is 7. The minimum absolute atomic E-state index is 0.0711. The molecule has 2 fully saturated rings. The van der Waals surface area contributed by atoms with Gasteiger partial charge in [-0.15, -0.1) is 0 Å². The Morgan fingerprint density at radius 3 is 2.43 bits per heavy atom. The molecule has 47 heavy (non-hydrogen) atoms. The van der Waals surface area contributed by atoms with E-state index >= 15 is 0 Å². The zero-order valence-electron chi connectivity index (χ0n) is 26.9. The van der Waals surface area contributed by atoms with Crippen molar-refractivity contribution in [2.45, 2.75) is 75.4 Å². The molecule has 1 unspecified atom stereocenters. The molecule has 6 rings (SSSR count). The number of carbonyl (C=O) groups is 4. The van der Waals surface area contributed by atoms with Crippen LogP contribution in [0.4, 0.5) is 0 Å². The third-order valence-electron chi connectivity index (χ3n) is 9.97. The third-order valence-corrected chi connectivity index (χ3v) is 9.97.